The molecule has 4 aromatic rings. The average molecular weight is 452 g/mol. The molecule has 0 amide bonds. The van der Waals surface area contributed by atoms with E-state index in [-0.39, 0.29) is 16.5 Å². The van der Waals surface area contributed by atoms with Gasteiger partial charge in [-0.25, -0.2) is 18.4 Å². The summed E-state index contributed by atoms with van der Waals surface area (Å²) in [5.41, 5.74) is 7.73. The molecule has 0 spiro atoms. The van der Waals surface area contributed by atoms with Gasteiger partial charge < -0.3 is 20.5 Å². The molecule has 0 saturated heterocycles. The first-order valence-electron chi connectivity index (χ1n) is 9.54. The van der Waals surface area contributed by atoms with Gasteiger partial charge in [-0.2, -0.15) is 0 Å². The van der Waals surface area contributed by atoms with Gasteiger partial charge in [0, 0.05) is 5.69 Å². The lowest BCUT2D eigenvalue weighted by Gasteiger charge is -2.17. The van der Waals surface area contributed by atoms with Gasteiger partial charge in [-0.05, 0) is 42.5 Å². The highest BCUT2D eigenvalue weighted by Crippen LogP contribution is 2.37. The Labute approximate surface area is 185 Å². The summed E-state index contributed by atoms with van der Waals surface area (Å²) in [7, 11) is -0.933. The van der Waals surface area contributed by atoms with Crippen molar-refractivity contribution in [2.45, 2.75) is 4.90 Å². The predicted octanol–water partition coefficient (Wildman–Crippen LogP) is 3.77. The maximum atomic E-state index is 13.0. The monoisotopic (exact) mass is 451 g/mol. The lowest BCUT2D eigenvalue weighted by atomic mass is 10.2. The number of fused-ring (bicyclic) bond motifs is 1. The maximum Gasteiger partial charge on any atom is 0.263 e. The molecule has 0 atom stereocenters. The zero-order valence-corrected chi connectivity index (χ0v) is 18.2. The third-order valence-corrected chi connectivity index (χ3v) is 5.96. The minimum Gasteiger partial charge on any atom is -0.493 e. The van der Waals surface area contributed by atoms with Crippen LogP contribution in [-0.2, 0) is 10.0 Å². The van der Waals surface area contributed by atoms with Gasteiger partial charge >= 0.3 is 0 Å². The van der Waals surface area contributed by atoms with E-state index in [1.165, 1.54) is 26.4 Å². The minimum atomic E-state index is -3.98. The fourth-order valence-electron chi connectivity index (χ4n) is 3.14. The first-order chi connectivity index (χ1) is 15.4. The Bertz CT molecular complexity index is 1390. The number of anilines is 4. The first kappa shape index (κ1) is 21.2. The van der Waals surface area contributed by atoms with E-state index in [9.17, 15) is 8.42 Å². The number of hydrogen-bond acceptors (Lipinski definition) is 8. The number of nitrogens with one attached hydrogen (secondary N) is 2. The van der Waals surface area contributed by atoms with Crippen LogP contribution in [0.1, 0.15) is 0 Å². The summed E-state index contributed by atoms with van der Waals surface area (Å²) in [4.78, 5) is 9.07. The number of nitrogens with zero attached hydrogens (tertiary/aromatic N) is 2. The normalized spacial score (nSPS) is 11.2. The van der Waals surface area contributed by atoms with Crippen molar-refractivity contribution in [2.24, 2.45) is 0 Å². The topological polar surface area (TPSA) is 128 Å². The highest BCUT2D eigenvalue weighted by Gasteiger charge is 2.20. The van der Waals surface area contributed by atoms with Gasteiger partial charge in [-0.3, -0.25) is 4.72 Å². The van der Waals surface area contributed by atoms with E-state index in [0.717, 1.165) is 0 Å². The van der Waals surface area contributed by atoms with Crippen molar-refractivity contribution in [3.63, 3.8) is 0 Å². The summed E-state index contributed by atoms with van der Waals surface area (Å²) in [6.07, 6.45) is 0. The molecule has 4 N–H and O–H groups in total. The summed E-state index contributed by atoms with van der Waals surface area (Å²) in [6.45, 7) is 0. The van der Waals surface area contributed by atoms with Crippen molar-refractivity contribution < 1.29 is 17.9 Å². The lowest BCUT2D eigenvalue weighted by molar-refractivity contribution is 0.356. The summed E-state index contributed by atoms with van der Waals surface area (Å²) < 4.78 is 39.3. The summed E-state index contributed by atoms with van der Waals surface area (Å²) in [5.74, 6) is 1.17. The Morgan fingerprint density at radius 2 is 1.53 bits per heavy atom. The third kappa shape index (κ3) is 4.21. The Morgan fingerprint density at radius 1 is 0.844 bits per heavy atom. The van der Waals surface area contributed by atoms with Gasteiger partial charge in [-0.15, -0.1) is 0 Å². The number of rotatable bonds is 7. The smallest absolute Gasteiger partial charge is 0.263 e. The van der Waals surface area contributed by atoms with Gasteiger partial charge in [0.05, 0.1) is 35.8 Å². The van der Waals surface area contributed by atoms with Crippen LogP contribution in [0.4, 0.5) is 23.0 Å². The van der Waals surface area contributed by atoms with Gasteiger partial charge in [0.25, 0.3) is 10.0 Å². The Kier molecular flexibility index (Phi) is 5.69. The van der Waals surface area contributed by atoms with Crippen LogP contribution in [0.3, 0.4) is 0 Å². The van der Waals surface area contributed by atoms with E-state index in [1.54, 1.807) is 48.5 Å². The molecule has 1 heterocycles. The maximum absolute atomic E-state index is 13.0. The van der Waals surface area contributed by atoms with Crippen molar-refractivity contribution in [2.75, 3.05) is 30.0 Å². The summed E-state index contributed by atoms with van der Waals surface area (Å²) >= 11 is 0. The Balaban J connectivity index is 1.82. The molecule has 10 heteroatoms. The summed E-state index contributed by atoms with van der Waals surface area (Å²) in [6, 6.07) is 18.4. The molecule has 0 unspecified atom stereocenters. The molecular formula is C22H21N5O4S. The quantitative estimate of drug-likeness (QED) is 0.362. The number of nitrogen functional groups attached to an aromatic ring is 1. The number of methoxy groups -OCH3 is 2. The van der Waals surface area contributed by atoms with Gasteiger partial charge in [0.15, 0.2) is 23.1 Å². The highest BCUT2D eigenvalue weighted by molar-refractivity contribution is 7.92. The van der Waals surface area contributed by atoms with Crippen LogP contribution in [-0.4, -0.2) is 32.6 Å². The van der Waals surface area contributed by atoms with Gasteiger partial charge in [0.2, 0.25) is 0 Å². The second-order valence-electron chi connectivity index (χ2n) is 6.75. The SMILES string of the molecule is COc1cccc(Nc2nc3ccccc3nc2NS(=O)(=O)c2cccc(N)c2)c1OC. The molecule has 0 aliphatic heterocycles. The van der Waals surface area contributed by atoms with Crippen molar-refractivity contribution in [1.29, 1.82) is 0 Å². The molecule has 0 bridgehead atoms. The standard InChI is InChI=1S/C22H21N5O4S/c1-30-19-12-6-11-18(20(19)31-2)26-21-22(25-17-10-4-3-9-16(17)24-21)27-32(28,29)15-8-5-7-14(23)13-15/h3-13H,23H2,1-2H3,(H,24,26)(H,25,27). The molecule has 0 fully saturated rings. The molecule has 0 aliphatic rings. The highest BCUT2D eigenvalue weighted by atomic mass is 32.2. The third-order valence-electron chi connectivity index (χ3n) is 4.63. The van der Waals surface area contributed by atoms with E-state index >= 15 is 0 Å². The molecular weight excluding hydrogens is 430 g/mol. The molecule has 0 radical (unpaired) electrons. The van der Waals surface area contributed by atoms with Crippen LogP contribution in [0, 0.1) is 0 Å². The van der Waals surface area contributed by atoms with Crippen LogP contribution in [0.15, 0.2) is 71.6 Å². The fourth-order valence-corrected chi connectivity index (χ4v) is 4.20. The number of aromatic nitrogens is 2. The van der Waals surface area contributed by atoms with E-state index in [1.807, 2.05) is 6.07 Å². The number of para-hydroxylation sites is 3. The van der Waals surface area contributed by atoms with Crippen LogP contribution < -0.4 is 25.2 Å². The van der Waals surface area contributed by atoms with E-state index in [0.29, 0.717) is 33.9 Å². The van der Waals surface area contributed by atoms with Crippen LogP contribution in [0.25, 0.3) is 11.0 Å². The van der Waals surface area contributed by atoms with Crippen molar-refractivity contribution in [3.8, 4) is 11.5 Å². The number of benzene rings is 3. The zero-order chi connectivity index (χ0) is 22.7. The van der Waals surface area contributed by atoms with Gasteiger partial charge in [0.1, 0.15) is 0 Å². The Morgan fingerprint density at radius 3 is 2.19 bits per heavy atom. The van der Waals surface area contributed by atoms with E-state index in [2.05, 4.69) is 20.0 Å². The Hall–Kier alpha value is -4.05. The zero-order valence-electron chi connectivity index (χ0n) is 17.4. The van der Waals surface area contributed by atoms with E-state index < -0.39 is 10.0 Å². The van der Waals surface area contributed by atoms with Crippen LogP contribution in [0.2, 0.25) is 0 Å². The number of hydrogen-bond donors (Lipinski definition) is 3. The van der Waals surface area contributed by atoms with Crippen LogP contribution >= 0.6 is 0 Å². The molecule has 1 aromatic heterocycles. The molecule has 0 aliphatic carbocycles. The second-order valence-corrected chi connectivity index (χ2v) is 8.44. The first-order valence-corrected chi connectivity index (χ1v) is 11.0. The number of ether oxygens (including phenoxy) is 2. The van der Waals surface area contributed by atoms with Gasteiger partial charge in [-0.1, -0.05) is 24.3 Å². The predicted molar refractivity (Wildman–Crippen MR) is 124 cm³/mol. The molecule has 3 aromatic carbocycles. The largest absolute Gasteiger partial charge is 0.493 e. The molecule has 9 nitrogen and oxygen atoms in total. The van der Waals surface area contributed by atoms with Crippen LogP contribution in [0.5, 0.6) is 11.5 Å². The van der Waals surface area contributed by atoms with Crippen molar-refractivity contribution in [1.82, 2.24) is 9.97 Å². The second kappa shape index (κ2) is 8.60. The summed E-state index contributed by atoms with van der Waals surface area (Å²) in [5, 5.41) is 3.11. The average Bonchev–Trinajstić information content (AvgIpc) is 2.79. The lowest BCUT2D eigenvalue weighted by Crippen LogP contribution is -2.16. The van der Waals surface area contributed by atoms with Crippen molar-refractivity contribution in [3.05, 3.63) is 66.7 Å². The molecule has 4 rings (SSSR count). The minimum absolute atomic E-state index is 0.0115. The number of sulfonamides is 1. The molecule has 0 saturated carbocycles. The molecule has 32 heavy (non-hydrogen) atoms. The van der Waals surface area contributed by atoms with Crippen molar-refractivity contribution >= 4 is 44.1 Å². The fraction of sp³-hybridized carbons (Fsp3) is 0.0909. The molecule has 164 valence electrons. The van der Waals surface area contributed by atoms with E-state index in [4.69, 9.17) is 15.2 Å². The number of nitrogens with two attached hydrogens (primary N) is 1.